The van der Waals surface area contributed by atoms with Gasteiger partial charge < -0.3 is 10.6 Å². The number of aromatic nitrogens is 2. The standard InChI is InChI=1S/C15H21N5O2S3/c1-2-7-17-11(21)8-23-13-19-20-14(25-13)24-9-12(22)18-15(10-16)5-3-4-6-15/h2-9H2,1H3,(H,17,21)(H,18,22). The van der Waals surface area contributed by atoms with E-state index in [0.29, 0.717) is 21.0 Å². The van der Waals surface area contributed by atoms with Gasteiger partial charge in [-0.15, -0.1) is 10.2 Å². The monoisotopic (exact) mass is 399 g/mol. The summed E-state index contributed by atoms with van der Waals surface area (Å²) in [4.78, 5) is 23.6. The van der Waals surface area contributed by atoms with Gasteiger partial charge in [0.25, 0.3) is 0 Å². The van der Waals surface area contributed by atoms with Crippen LogP contribution >= 0.6 is 34.9 Å². The summed E-state index contributed by atoms with van der Waals surface area (Å²) < 4.78 is 1.39. The molecule has 2 rings (SSSR count). The molecule has 0 spiro atoms. The first-order valence-corrected chi connectivity index (χ1v) is 10.9. The summed E-state index contributed by atoms with van der Waals surface area (Å²) in [6.45, 7) is 2.68. The van der Waals surface area contributed by atoms with Gasteiger partial charge in [-0.2, -0.15) is 5.26 Å². The van der Waals surface area contributed by atoms with Crippen LogP contribution in [-0.4, -0.2) is 45.6 Å². The van der Waals surface area contributed by atoms with Crippen LogP contribution < -0.4 is 10.6 Å². The van der Waals surface area contributed by atoms with E-state index >= 15 is 0 Å². The maximum absolute atomic E-state index is 12.1. The molecule has 10 heteroatoms. The Morgan fingerprint density at radius 2 is 1.80 bits per heavy atom. The second kappa shape index (κ2) is 9.99. The fourth-order valence-corrected chi connectivity index (χ4v) is 5.08. The first kappa shape index (κ1) is 20.0. The molecule has 0 aromatic carbocycles. The van der Waals surface area contributed by atoms with Gasteiger partial charge >= 0.3 is 0 Å². The normalized spacial score (nSPS) is 15.5. The summed E-state index contributed by atoms with van der Waals surface area (Å²) in [6.07, 6.45) is 4.30. The summed E-state index contributed by atoms with van der Waals surface area (Å²) in [6, 6.07) is 2.24. The molecule has 1 heterocycles. The van der Waals surface area contributed by atoms with Crippen molar-refractivity contribution in [3.63, 3.8) is 0 Å². The number of carbonyl (C=O) groups excluding carboxylic acids is 2. The van der Waals surface area contributed by atoms with Crippen LogP contribution in [-0.2, 0) is 9.59 Å². The second-order valence-electron chi connectivity index (χ2n) is 5.71. The van der Waals surface area contributed by atoms with Gasteiger partial charge in [-0.05, 0) is 32.1 Å². The van der Waals surface area contributed by atoms with E-state index in [0.717, 1.165) is 32.1 Å². The number of nitrogens with one attached hydrogen (secondary N) is 2. The van der Waals surface area contributed by atoms with Gasteiger partial charge in [-0.1, -0.05) is 41.8 Å². The van der Waals surface area contributed by atoms with E-state index in [1.54, 1.807) is 0 Å². The summed E-state index contributed by atoms with van der Waals surface area (Å²) in [7, 11) is 0. The van der Waals surface area contributed by atoms with E-state index in [1.807, 2.05) is 6.92 Å². The van der Waals surface area contributed by atoms with E-state index in [4.69, 9.17) is 0 Å². The van der Waals surface area contributed by atoms with Crippen molar-refractivity contribution >= 4 is 46.7 Å². The third-order valence-corrected chi connectivity index (χ3v) is 6.85. The molecular formula is C15H21N5O2S3. The largest absolute Gasteiger partial charge is 0.355 e. The van der Waals surface area contributed by atoms with E-state index in [9.17, 15) is 14.9 Å². The predicted molar refractivity (Wildman–Crippen MR) is 99.6 cm³/mol. The van der Waals surface area contributed by atoms with Crippen molar-refractivity contribution < 1.29 is 9.59 Å². The van der Waals surface area contributed by atoms with Gasteiger partial charge in [0.15, 0.2) is 8.68 Å². The second-order valence-corrected chi connectivity index (χ2v) is 9.13. The van der Waals surface area contributed by atoms with E-state index in [-0.39, 0.29) is 17.6 Å². The Kier molecular flexibility index (Phi) is 7.99. The molecule has 1 aromatic rings. The molecule has 25 heavy (non-hydrogen) atoms. The van der Waals surface area contributed by atoms with Crippen LogP contribution in [0, 0.1) is 11.3 Å². The van der Waals surface area contributed by atoms with Crippen LogP contribution in [0.15, 0.2) is 8.68 Å². The Labute approximate surface area is 159 Å². The minimum atomic E-state index is -0.689. The van der Waals surface area contributed by atoms with E-state index in [2.05, 4.69) is 26.9 Å². The Hall–Kier alpha value is -1.31. The fraction of sp³-hybridized carbons (Fsp3) is 0.667. The summed E-state index contributed by atoms with van der Waals surface area (Å²) >= 11 is 4.01. The maximum atomic E-state index is 12.1. The lowest BCUT2D eigenvalue weighted by Gasteiger charge is -2.21. The average Bonchev–Trinajstić information content (AvgIpc) is 3.26. The summed E-state index contributed by atoms with van der Waals surface area (Å²) in [5.41, 5.74) is -0.689. The van der Waals surface area contributed by atoms with Crippen molar-refractivity contribution in [2.45, 2.75) is 53.2 Å². The highest BCUT2D eigenvalue weighted by atomic mass is 32.2. The molecule has 0 bridgehead atoms. The zero-order valence-corrected chi connectivity index (χ0v) is 16.5. The first-order chi connectivity index (χ1) is 12.1. The molecule has 0 saturated heterocycles. The quantitative estimate of drug-likeness (QED) is 0.613. The van der Waals surface area contributed by atoms with Gasteiger partial charge in [0.1, 0.15) is 5.54 Å². The molecule has 0 atom stereocenters. The van der Waals surface area contributed by atoms with Crippen molar-refractivity contribution in [1.29, 1.82) is 5.26 Å². The van der Waals surface area contributed by atoms with Crippen LogP contribution in [0.2, 0.25) is 0 Å². The van der Waals surface area contributed by atoms with Crippen LogP contribution in [0.3, 0.4) is 0 Å². The molecule has 1 aliphatic carbocycles. The van der Waals surface area contributed by atoms with Crippen LogP contribution in [0.1, 0.15) is 39.0 Å². The van der Waals surface area contributed by atoms with Crippen LogP contribution in [0.4, 0.5) is 0 Å². The maximum Gasteiger partial charge on any atom is 0.231 e. The molecule has 2 N–H and O–H groups in total. The zero-order valence-electron chi connectivity index (χ0n) is 14.0. The number of rotatable bonds is 9. The molecule has 0 aliphatic heterocycles. The summed E-state index contributed by atoms with van der Waals surface area (Å²) in [5, 5.41) is 23.0. The van der Waals surface area contributed by atoms with Crippen molar-refractivity contribution in [1.82, 2.24) is 20.8 Å². The first-order valence-electron chi connectivity index (χ1n) is 8.15. The number of nitriles is 1. The molecular weight excluding hydrogens is 378 g/mol. The van der Waals surface area contributed by atoms with Crippen molar-refractivity contribution in [2.75, 3.05) is 18.1 Å². The fourth-order valence-electron chi connectivity index (χ4n) is 2.43. The minimum absolute atomic E-state index is 0.0194. The van der Waals surface area contributed by atoms with Gasteiger partial charge in [0, 0.05) is 6.54 Å². The Bertz CT molecular complexity index is 637. The Morgan fingerprint density at radius 1 is 1.20 bits per heavy atom. The lowest BCUT2D eigenvalue weighted by molar-refractivity contribution is -0.120. The number of nitrogens with zero attached hydrogens (tertiary/aromatic N) is 3. The molecule has 0 unspecified atom stereocenters. The predicted octanol–water partition coefficient (Wildman–Crippen LogP) is 2.20. The molecule has 1 saturated carbocycles. The van der Waals surface area contributed by atoms with Gasteiger partial charge in [0.05, 0.1) is 17.6 Å². The van der Waals surface area contributed by atoms with Crippen LogP contribution in [0.25, 0.3) is 0 Å². The van der Waals surface area contributed by atoms with E-state index in [1.165, 1.54) is 34.9 Å². The number of hydrogen-bond donors (Lipinski definition) is 2. The molecule has 0 radical (unpaired) electrons. The van der Waals surface area contributed by atoms with Crippen molar-refractivity contribution in [2.24, 2.45) is 0 Å². The number of carbonyl (C=O) groups is 2. The average molecular weight is 400 g/mol. The molecule has 1 aromatic heterocycles. The highest BCUT2D eigenvalue weighted by molar-refractivity contribution is 8.03. The zero-order chi connectivity index (χ0) is 18.1. The van der Waals surface area contributed by atoms with E-state index < -0.39 is 5.54 Å². The third kappa shape index (κ3) is 6.49. The van der Waals surface area contributed by atoms with Gasteiger partial charge in [0.2, 0.25) is 11.8 Å². The lowest BCUT2D eigenvalue weighted by Crippen LogP contribution is -2.45. The number of thioether (sulfide) groups is 2. The summed E-state index contributed by atoms with van der Waals surface area (Å²) in [5.74, 6) is 0.343. The molecule has 1 fully saturated rings. The van der Waals surface area contributed by atoms with Gasteiger partial charge in [-0.3, -0.25) is 9.59 Å². The third-order valence-electron chi connectivity index (χ3n) is 3.66. The number of amides is 2. The molecule has 136 valence electrons. The topological polar surface area (TPSA) is 108 Å². The highest BCUT2D eigenvalue weighted by Gasteiger charge is 2.35. The molecule has 2 amide bonds. The smallest absolute Gasteiger partial charge is 0.231 e. The molecule has 1 aliphatic rings. The Morgan fingerprint density at radius 3 is 2.36 bits per heavy atom. The lowest BCUT2D eigenvalue weighted by atomic mass is 10.0. The van der Waals surface area contributed by atoms with Gasteiger partial charge in [-0.25, -0.2) is 0 Å². The van der Waals surface area contributed by atoms with Crippen molar-refractivity contribution in [3.8, 4) is 6.07 Å². The molecule has 7 nitrogen and oxygen atoms in total. The minimum Gasteiger partial charge on any atom is -0.355 e. The highest BCUT2D eigenvalue weighted by Crippen LogP contribution is 2.30. The Balaban J connectivity index is 1.73. The SMILES string of the molecule is CCCNC(=O)CSc1nnc(SCC(=O)NC2(C#N)CCCC2)s1. The van der Waals surface area contributed by atoms with Crippen molar-refractivity contribution in [3.05, 3.63) is 0 Å². The van der Waals surface area contributed by atoms with Crippen LogP contribution in [0.5, 0.6) is 0 Å². The number of hydrogen-bond acceptors (Lipinski definition) is 8.